The Morgan fingerprint density at radius 2 is 2.47 bits per heavy atom. The first-order valence-electron chi connectivity index (χ1n) is 5.80. The van der Waals surface area contributed by atoms with E-state index in [1.54, 1.807) is 0 Å². The first-order valence-corrected chi connectivity index (χ1v) is 5.80. The Bertz CT molecular complexity index is 191. The lowest BCUT2D eigenvalue weighted by Gasteiger charge is -2.12. The van der Waals surface area contributed by atoms with Crippen LogP contribution in [0.1, 0.15) is 32.6 Å². The third-order valence-electron chi connectivity index (χ3n) is 2.82. The zero-order valence-electron chi connectivity index (χ0n) is 9.50. The summed E-state index contributed by atoms with van der Waals surface area (Å²) in [5.74, 6) is 0.546. The van der Waals surface area contributed by atoms with Gasteiger partial charge in [-0.25, -0.2) is 0 Å². The molecule has 0 spiro atoms. The van der Waals surface area contributed by atoms with Gasteiger partial charge in [-0.1, -0.05) is 6.92 Å². The molecule has 0 aromatic carbocycles. The number of hydrogen-bond donors (Lipinski definition) is 2. The van der Waals surface area contributed by atoms with Crippen molar-refractivity contribution in [3.05, 3.63) is 0 Å². The molecular weight excluding hydrogens is 192 g/mol. The second kappa shape index (κ2) is 6.80. The van der Waals surface area contributed by atoms with Crippen LogP contribution in [0, 0.1) is 5.92 Å². The van der Waals surface area contributed by atoms with Crippen LogP contribution >= 0.6 is 0 Å². The van der Waals surface area contributed by atoms with Gasteiger partial charge in [-0.2, -0.15) is 0 Å². The third-order valence-corrected chi connectivity index (χ3v) is 2.82. The highest BCUT2D eigenvalue weighted by Crippen LogP contribution is 2.10. The van der Waals surface area contributed by atoms with Gasteiger partial charge in [0.1, 0.15) is 0 Å². The van der Waals surface area contributed by atoms with E-state index in [2.05, 4.69) is 12.2 Å². The molecule has 0 radical (unpaired) electrons. The number of rotatable bonds is 6. The van der Waals surface area contributed by atoms with Gasteiger partial charge in [-0.3, -0.25) is 4.79 Å². The van der Waals surface area contributed by atoms with Crippen molar-refractivity contribution >= 4 is 5.91 Å². The summed E-state index contributed by atoms with van der Waals surface area (Å²) in [5.41, 5.74) is 5.48. The number of ether oxygens (including phenoxy) is 1. The van der Waals surface area contributed by atoms with Crippen molar-refractivity contribution in [2.24, 2.45) is 11.7 Å². The van der Waals surface area contributed by atoms with Gasteiger partial charge in [0.2, 0.25) is 5.91 Å². The summed E-state index contributed by atoms with van der Waals surface area (Å²) in [6, 6.07) is 0. The number of nitrogens with one attached hydrogen (secondary N) is 1. The number of carbonyl (C=O) groups is 1. The predicted octanol–water partition coefficient (Wildman–Crippen LogP) is 0.657. The van der Waals surface area contributed by atoms with E-state index in [-0.39, 0.29) is 12.0 Å². The summed E-state index contributed by atoms with van der Waals surface area (Å²) < 4.78 is 5.42. The molecule has 1 heterocycles. The summed E-state index contributed by atoms with van der Waals surface area (Å²) in [6.07, 6.45) is 3.87. The van der Waals surface area contributed by atoms with Gasteiger partial charge in [0.15, 0.2) is 0 Å². The molecule has 1 amide bonds. The lowest BCUT2D eigenvalue weighted by molar-refractivity contribution is -0.121. The molecule has 1 aliphatic rings. The minimum absolute atomic E-state index is 0.116. The van der Waals surface area contributed by atoms with E-state index >= 15 is 0 Å². The van der Waals surface area contributed by atoms with E-state index in [0.717, 1.165) is 25.9 Å². The molecule has 1 fully saturated rings. The first kappa shape index (κ1) is 12.5. The Kier molecular flexibility index (Phi) is 5.65. The van der Waals surface area contributed by atoms with Crippen LogP contribution in [0.5, 0.6) is 0 Å². The molecule has 0 saturated carbocycles. The Morgan fingerprint density at radius 1 is 1.67 bits per heavy atom. The van der Waals surface area contributed by atoms with E-state index in [1.807, 2.05) is 0 Å². The van der Waals surface area contributed by atoms with Crippen molar-refractivity contribution in [1.29, 1.82) is 0 Å². The smallest absolute Gasteiger partial charge is 0.220 e. The fourth-order valence-electron chi connectivity index (χ4n) is 1.62. The van der Waals surface area contributed by atoms with Crippen LogP contribution in [0.4, 0.5) is 0 Å². The predicted molar refractivity (Wildman–Crippen MR) is 59.4 cm³/mol. The van der Waals surface area contributed by atoms with Gasteiger partial charge in [0.05, 0.1) is 6.10 Å². The highest BCUT2D eigenvalue weighted by atomic mass is 16.5. The normalized spacial score (nSPS) is 22.7. The van der Waals surface area contributed by atoms with Gasteiger partial charge >= 0.3 is 0 Å². The molecule has 4 nitrogen and oxygen atoms in total. The zero-order valence-corrected chi connectivity index (χ0v) is 9.50. The summed E-state index contributed by atoms with van der Waals surface area (Å²) in [5, 5.41) is 2.90. The van der Waals surface area contributed by atoms with Crippen LogP contribution in [0.25, 0.3) is 0 Å². The molecule has 0 aromatic heterocycles. The van der Waals surface area contributed by atoms with Crippen molar-refractivity contribution in [3.63, 3.8) is 0 Å². The fraction of sp³-hybridized carbons (Fsp3) is 0.909. The maximum absolute atomic E-state index is 11.4. The Hall–Kier alpha value is -0.610. The number of hydrogen-bond acceptors (Lipinski definition) is 3. The lowest BCUT2D eigenvalue weighted by atomic mass is 10.1. The number of nitrogens with two attached hydrogens (primary N) is 1. The molecule has 0 bridgehead atoms. The maximum Gasteiger partial charge on any atom is 0.220 e. The van der Waals surface area contributed by atoms with Crippen LogP contribution in [0.3, 0.4) is 0 Å². The quantitative estimate of drug-likeness (QED) is 0.682. The van der Waals surface area contributed by atoms with E-state index in [0.29, 0.717) is 25.4 Å². The second-order valence-electron chi connectivity index (χ2n) is 4.32. The minimum atomic E-state index is 0.116. The number of carbonyl (C=O) groups excluding carboxylic acids is 1. The summed E-state index contributed by atoms with van der Waals surface area (Å²) in [7, 11) is 0. The molecule has 1 saturated heterocycles. The Labute approximate surface area is 91.5 Å². The van der Waals surface area contributed by atoms with Crippen LogP contribution in [0.2, 0.25) is 0 Å². The average Bonchev–Trinajstić information content (AvgIpc) is 2.75. The van der Waals surface area contributed by atoms with E-state index in [1.165, 1.54) is 0 Å². The molecule has 3 N–H and O–H groups in total. The monoisotopic (exact) mass is 214 g/mol. The van der Waals surface area contributed by atoms with Gasteiger partial charge in [-0.05, 0) is 31.7 Å². The molecule has 2 unspecified atom stereocenters. The largest absolute Gasteiger partial charge is 0.376 e. The van der Waals surface area contributed by atoms with Crippen molar-refractivity contribution in [1.82, 2.24) is 5.32 Å². The van der Waals surface area contributed by atoms with E-state index in [4.69, 9.17) is 10.5 Å². The molecule has 0 aliphatic carbocycles. The van der Waals surface area contributed by atoms with Crippen LogP contribution in [0.15, 0.2) is 0 Å². The molecule has 0 aromatic rings. The Morgan fingerprint density at radius 3 is 3.07 bits per heavy atom. The van der Waals surface area contributed by atoms with Gasteiger partial charge in [0.25, 0.3) is 0 Å². The standard InChI is InChI=1S/C11H22N2O2/c1-9(7-12)4-5-11(14)13-8-10-3-2-6-15-10/h9-10H,2-8,12H2,1H3,(H,13,14). The van der Waals surface area contributed by atoms with Crippen LogP contribution < -0.4 is 11.1 Å². The second-order valence-corrected chi connectivity index (χ2v) is 4.32. The van der Waals surface area contributed by atoms with Gasteiger partial charge in [0, 0.05) is 19.6 Å². The van der Waals surface area contributed by atoms with E-state index < -0.39 is 0 Å². The molecule has 1 rings (SSSR count). The molecule has 88 valence electrons. The molecule has 4 heteroatoms. The Balaban J connectivity index is 2.02. The van der Waals surface area contributed by atoms with Crippen LogP contribution in [-0.2, 0) is 9.53 Å². The summed E-state index contributed by atoms with van der Waals surface area (Å²) >= 11 is 0. The SMILES string of the molecule is CC(CN)CCC(=O)NCC1CCCO1. The number of amides is 1. The highest BCUT2D eigenvalue weighted by Gasteiger charge is 2.16. The van der Waals surface area contributed by atoms with Gasteiger partial charge < -0.3 is 15.8 Å². The van der Waals surface area contributed by atoms with Crippen LogP contribution in [-0.4, -0.2) is 31.7 Å². The third kappa shape index (κ3) is 5.14. The summed E-state index contributed by atoms with van der Waals surface area (Å²) in [6.45, 7) is 4.22. The maximum atomic E-state index is 11.4. The molecular formula is C11H22N2O2. The minimum Gasteiger partial charge on any atom is -0.376 e. The topological polar surface area (TPSA) is 64.4 Å². The van der Waals surface area contributed by atoms with Crippen molar-refractivity contribution in [2.75, 3.05) is 19.7 Å². The van der Waals surface area contributed by atoms with Crippen molar-refractivity contribution in [3.8, 4) is 0 Å². The first-order chi connectivity index (χ1) is 7.22. The summed E-state index contributed by atoms with van der Waals surface area (Å²) in [4.78, 5) is 11.4. The zero-order chi connectivity index (χ0) is 11.1. The molecule has 1 aliphatic heterocycles. The van der Waals surface area contributed by atoms with Crippen molar-refractivity contribution < 1.29 is 9.53 Å². The van der Waals surface area contributed by atoms with Crippen molar-refractivity contribution in [2.45, 2.75) is 38.7 Å². The van der Waals surface area contributed by atoms with E-state index in [9.17, 15) is 4.79 Å². The lowest BCUT2D eigenvalue weighted by Crippen LogP contribution is -2.32. The molecule has 15 heavy (non-hydrogen) atoms. The molecule has 2 atom stereocenters. The van der Waals surface area contributed by atoms with Gasteiger partial charge in [-0.15, -0.1) is 0 Å². The highest BCUT2D eigenvalue weighted by molar-refractivity contribution is 5.75. The average molecular weight is 214 g/mol. The fourth-order valence-corrected chi connectivity index (χ4v) is 1.62.